The fraction of sp³-hybridized carbons (Fsp3) is 0.292. The number of esters is 1. The van der Waals surface area contributed by atoms with Crippen molar-refractivity contribution in [3.8, 4) is 0 Å². The van der Waals surface area contributed by atoms with Crippen LogP contribution < -0.4 is 5.32 Å². The third-order valence-electron chi connectivity index (χ3n) is 4.36. The van der Waals surface area contributed by atoms with Crippen LogP contribution in [0.1, 0.15) is 31.9 Å². The first kappa shape index (κ1) is 26.6. The normalized spacial score (nSPS) is 12.4. The van der Waals surface area contributed by atoms with Gasteiger partial charge < -0.3 is 19.9 Å². The summed E-state index contributed by atoms with van der Waals surface area (Å²) >= 11 is 0. The van der Waals surface area contributed by atoms with Crippen molar-refractivity contribution in [1.82, 2.24) is 5.32 Å². The summed E-state index contributed by atoms with van der Waals surface area (Å²) in [7, 11) is -3.46. The molecule has 2 rings (SSSR count). The molecule has 0 unspecified atom stereocenters. The number of carboxylic acid groups (broad SMARTS) is 1. The Morgan fingerprint density at radius 2 is 1.53 bits per heavy atom. The SMILES string of the molecule is CC(C)(C)OC(=O)NCC(=O)OCC(=C(C(=O)O)c1ccccc1)c1ccc(S(C)(=O)=O)cc1. The van der Waals surface area contributed by atoms with Crippen molar-refractivity contribution >= 4 is 39.0 Å². The summed E-state index contributed by atoms with van der Waals surface area (Å²) in [6, 6.07) is 13.8. The maximum atomic E-state index is 12.2. The molecule has 2 N–H and O–H groups in total. The van der Waals surface area contributed by atoms with Crippen molar-refractivity contribution < 1.29 is 37.4 Å². The van der Waals surface area contributed by atoms with Gasteiger partial charge >= 0.3 is 18.0 Å². The first-order chi connectivity index (χ1) is 15.8. The lowest BCUT2D eigenvalue weighted by molar-refractivity contribution is -0.141. The van der Waals surface area contributed by atoms with Crippen LogP contribution in [0.5, 0.6) is 0 Å². The highest BCUT2D eigenvalue weighted by Gasteiger charge is 2.21. The summed E-state index contributed by atoms with van der Waals surface area (Å²) < 4.78 is 33.9. The van der Waals surface area contributed by atoms with Crippen molar-refractivity contribution in [3.05, 3.63) is 65.7 Å². The molecule has 34 heavy (non-hydrogen) atoms. The van der Waals surface area contributed by atoms with Crippen molar-refractivity contribution in [2.24, 2.45) is 0 Å². The smallest absolute Gasteiger partial charge is 0.408 e. The molecule has 9 nitrogen and oxygen atoms in total. The van der Waals surface area contributed by atoms with Gasteiger partial charge in [0.25, 0.3) is 0 Å². The molecule has 1 amide bonds. The number of aliphatic carboxylic acids is 1. The molecule has 0 fully saturated rings. The van der Waals surface area contributed by atoms with Crippen LogP contribution in [0.4, 0.5) is 4.79 Å². The number of carbonyl (C=O) groups excluding carboxylic acids is 2. The van der Waals surface area contributed by atoms with E-state index < -0.39 is 46.6 Å². The number of rotatable bonds is 8. The molecule has 0 spiro atoms. The zero-order valence-electron chi connectivity index (χ0n) is 19.3. The van der Waals surface area contributed by atoms with Crippen molar-refractivity contribution in [2.75, 3.05) is 19.4 Å². The Bertz CT molecular complexity index is 1180. The van der Waals surface area contributed by atoms with Crippen LogP contribution >= 0.6 is 0 Å². The van der Waals surface area contributed by atoms with E-state index in [9.17, 15) is 27.9 Å². The van der Waals surface area contributed by atoms with E-state index in [0.717, 1.165) is 6.26 Å². The van der Waals surface area contributed by atoms with Crippen molar-refractivity contribution in [3.63, 3.8) is 0 Å². The van der Waals surface area contributed by atoms with Crippen molar-refractivity contribution in [2.45, 2.75) is 31.3 Å². The quantitative estimate of drug-likeness (QED) is 0.328. The largest absolute Gasteiger partial charge is 0.478 e. The maximum absolute atomic E-state index is 12.2. The van der Waals surface area contributed by atoms with Gasteiger partial charge in [0, 0.05) is 11.8 Å². The maximum Gasteiger partial charge on any atom is 0.408 e. The standard InChI is InChI=1S/C24H27NO8S/c1-24(2,3)33-23(29)25-14-20(26)32-15-19(16-10-12-18(13-11-16)34(4,30)31)21(22(27)28)17-8-6-5-7-9-17/h5-13H,14-15H2,1-4H3,(H,25,29)(H,27,28). The Morgan fingerprint density at radius 3 is 2.03 bits per heavy atom. The average Bonchev–Trinajstić information content (AvgIpc) is 2.73. The van der Waals surface area contributed by atoms with Gasteiger partial charge in [0.1, 0.15) is 18.8 Å². The lowest BCUT2D eigenvalue weighted by Gasteiger charge is -2.19. The van der Waals surface area contributed by atoms with Crippen LogP contribution in [-0.4, -0.2) is 56.6 Å². The molecule has 0 bridgehead atoms. The van der Waals surface area contributed by atoms with E-state index in [0.29, 0.717) is 11.1 Å². The summed E-state index contributed by atoms with van der Waals surface area (Å²) in [5.41, 5.74) is 0.0420. The van der Waals surface area contributed by atoms with Crippen LogP contribution in [-0.2, 0) is 28.9 Å². The number of benzene rings is 2. The van der Waals surface area contributed by atoms with E-state index in [1.54, 1.807) is 51.1 Å². The number of ether oxygens (including phenoxy) is 2. The van der Waals surface area contributed by atoms with Gasteiger partial charge in [-0.1, -0.05) is 42.5 Å². The number of carbonyl (C=O) groups is 3. The summed E-state index contributed by atoms with van der Waals surface area (Å²) in [5.74, 6) is -2.06. The molecular formula is C24H27NO8S. The van der Waals surface area contributed by atoms with E-state index in [-0.39, 0.29) is 16.0 Å². The van der Waals surface area contributed by atoms with E-state index in [1.807, 2.05) is 0 Å². The molecule has 2 aromatic rings. The molecule has 0 aromatic heterocycles. The third-order valence-corrected chi connectivity index (χ3v) is 5.49. The topological polar surface area (TPSA) is 136 Å². The highest BCUT2D eigenvalue weighted by molar-refractivity contribution is 7.90. The van der Waals surface area contributed by atoms with Crippen molar-refractivity contribution in [1.29, 1.82) is 0 Å². The van der Waals surface area contributed by atoms with Crippen LogP contribution in [0.2, 0.25) is 0 Å². The highest BCUT2D eigenvalue weighted by Crippen LogP contribution is 2.28. The first-order valence-corrected chi connectivity index (χ1v) is 12.1. The number of amides is 1. The fourth-order valence-electron chi connectivity index (χ4n) is 2.90. The van der Waals surface area contributed by atoms with Gasteiger partial charge in [-0.2, -0.15) is 0 Å². The van der Waals surface area contributed by atoms with Crippen LogP contribution in [0.25, 0.3) is 11.1 Å². The minimum Gasteiger partial charge on any atom is -0.478 e. The summed E-state index contributed by atoms with van der Waals surface area (Å²) in [5, 5.41) is 12.2. The van der Waals surface area contributed by atoms with E-state index in [4.69, 9.17) is 9.47 Å². The van der Waals surface area contributed by atoms with Gasteiger partial charge in [-0.05, 0) is 44.0 Å². The summed E-state index contributed by atoms with van der Waals surface area (Å²) in [6.07, 6.45) is 0.261. The van der Waals surface area contributed by atoms with Gasteiger partial charge in [0.15, 0.2) is 9.84 Å². The minimum absolute atomic E-state index is 0.0609. The molecule has 0 heterocycles. The average molecular weight is 490 g/mol. The number of nitrogens with one attached hydrogen (secondary N) is 1. The van der Waals surface area contributed by atoms with Gasteiger partial charge in [0.2, 0.25) is 0 Å². The van der Waals surface area contributed by atoms with E-state index in [1.165, 1.54) is 24.3 Å². The minimum atomic E-state index is -3.46. The molecule has 0 saturated heterocycles. The Balaban J connectivity index is 2.34. The van der Waals surface area contributed by atoms with Gasteiger partial charge in [-0.25, -0.2) is 18.0 Å². The molecule has 182 valence electrons. The Kier molecular flexibility index (Phi) is 8.58. The van der Waals surface area contributed by atoms with Crippen LogP contribution in [0, 0.1) is 0 Å². The highest BCUT2D eigenvalue weighted by atomic mass is 32.2. The summed E-state index contributed by atoms with van der Waals surface area (Å²) in [6.45, 7) is 4.11. The molecule has 0 saturated carbocycles. The monoisotopic (exact) mass is 489 g/mol. The molecule has 0 aliphatic carbocycles. The molecule has 0 aliphatic rings. The lowest BCUT2D eigenvalue weighted by Crippen LogP contribution is -2.36. The molecule has 0 atom stereocenters. The molecule has 0 radical (unpaired) electrons. The second-order valence-electron chi connectivity index (χ2n) is 8.34. The third kappa shape index (κ3) is 8.04. The number of sulfone groups is 1. The zero-order chi connectivity index (χ0) is 25.5. The van der Waals surface area contributed by atoms with Crippen LogP contribution in [0.3, 0.4) is 0 Å². The van der Waals surface area contributed by atoms with Gasteiger partial charge in [0.05, 0.1) is 10.5 Å². The Labute approximate surface area is 198 Å². The lowest BCUT2D eigenvalue weighted by atomic mass is 9.95. The number of hydrogen-bond donors (Lipinski definition) is 2. The Hall–Kier alpha value is -3.66. The molecule has 0 aliphatic heterocycles. The second-order valence-corrected chi connectivity index (χ2v) is 10.4. The number of alkyl carbamates (subject to hydrolysis) is 1. The molecule has 10 heteroatoms. The zero-order valence-corrected chi connectivity index (χ0v) is 20.1. The summed E-state index contributed by atoms with van der Waals surface area (Å²) in [4.78, 5) is 36.2. The number of carboxylic acids is 1. The predicted molar refractivity (Wildman–Crippen MR) is 126 cm³/mol. The number of hydrogen-bond acceptors (Lipinski definition) is 7. The predicted octanol–water partition coefficient (Wildman–Crippen LogP) is 3.15. The Morgan fingerprint density at radius 1 is 0.941 bits per heavy atom. The molecule has 2 aromatic carbocycles. The van der Waals surface area contributed by atoms with Gasteiger partial charge in [-0.3, -0.25) is 4.79 Å². The first-order valence-electron chi connectivity index (χ1n) is 10.2. The van der Waals surface area contributed by atoms with Gasteiger partial charge in [-0.15, -0.1) is 0 Å². The van der Waals surface area contributed by atoms with Crippen LogP contribution in [0.15, 0.2) is 59.5 Å². The molecular weight excluding hydrogens is 462 g/mol. The second kappa shape index (κ2) is 11.0. The van der Waals surface area contributed by atoms with E-state index >= 15 is 0 Å². The fourth-order valence-corrected chi connectivity index (χ4v) is 3.53. The van der Waals surface area contributed by atoms with E-state index in [2.05, 4.69) is 5.32 Å².